The summed E-state index contributed by atoms with van der Waals surface area (Å²) in [6.07, 6.45) is 1.95. The first kappa shape index (κ1) is 18.5. The quantitative estimate of drug-likeness (QED) is 0.923. The van der Waals surface area contributed by atoms with Crippen LogP contribution in [0.1, 0.15) is 36.0 Å². The average molecular weight is 350 g/mol. The third-order valence-electron chi connectivity index (χ3n) is 4.53. The summed E-state index contributed by atoms with van der Waals surface area (Å²) in [4.78, 5) is 19.2. The molecule has 5 nitrogen and oxygen atoms in total. The van der Waals surface area contributed by atoms with Crippen molar-refractivity contribution in [3.05, 3.63) is 41.8 Å². The molecular formula is C18H24ClN3O2. The number of rotatable bonds is 3. The molecule has 2 unspecified atom stereocenters. The van der Waals surface area contributed by atoms with Crippen molar-refractivity contribution in [1.29, 1.82) is 0 Å². The summed E-state index contributed by atoms with van der Waals surface area (Å²) in [5, 5.41) is 0. The van der Waals surface area contributed by atoms with E-state index in [4.69, 9.17) is 10.2 Å². The van der Waals surface area contributed by atoms with E-state index in [1.807, 2.05) is 35.2 Å². The molecule has 0 saturated carbocycles. The van der Waals surface area contributed by atoms with Gasteiger partial charge in [-0.3, -0.25) is 4.79 Å². The van der Waals surface area contributed by atoms with Crippen LogP contribution >= 0.6 is 12.4 Å². The van der Waals surface area contributed by atoms with Crippen molar-refractivity contribution < 1.29 is 9.21 Å². The summed E-state index contributed by atoms with van der Waals surface area (Å²) >= 11 is 0. The molecule has 1 aromatic carbocycles. The third kappa shape index (κ3) is 3.62. The first-order chi connectivity index (χ1) is 11.1. The fourth-order valence-corrected chi connectivity index (χ4v) is 3.18. The van der Waals surface area contributed by atoms with E-state index in [1.165, 1.54) is 0 Å². The number of aryl methyl sites for hydroxylation is 1. The van der Waals surface area contributed by atoms with Gasteiger partial charge in [0, 0.05) is 24.7 Å². The number of oxazole rings is 1. The molecule has 24 heavy (non-hydrogen) atoms. The van der Waals surface area contributed by atoms with E-state index in [0.29, 0.717) is 29.8 Å². The van der Waals surface area contributed by atoms with E-state index in [-0.39, 0.29) is 24.4 Å². The number of carbonyl (C=O) groups excluding carboxylic acids is 1. The molecule has 3 rings (SSSR count). The van der Waals surface area contributed by atoms with Gasteiger partial charge in [0.1, 0.15) is 5.76 Å². The second-order valence-electron chi connectivity index (χ2n) is 6.31. The van der Waals surface area contributed by atoms with E-state index in [9.17, 15) is 4.79 Å². The Morgan fingerprint density at radius 2 is 2.08 bits per heavy atom. The van der Waals surface area contributed by atoms with E-state index >= 15 is 0 Å². The summed E-state index contributed by atoms with van der Waals surface area (Å²) in [5.74, 6) is 1.58. The molecule has 0 spiro atoms. The number of carbonyl (C=O) groups is 1. The zero-order valence-electron chi connectivity index (χ0n) is 14.1. The summed E-state index contributed by atoms with van der Waals surface area (Å²) < 4.78 is 5.71. The monoisotopic (exact) mass is 349 g/mol. The predicted molar refractivity (Wildman–Crippen MR) is 96.2 cm³/mol. The van der Waals surface area contributed by atoms with Crippen molar-refractivity contribution in [2.24, 2.45) is 11.7 Å². The molecule has 1 fully saturated rings. The molecule has 2 N–H and O–H groups in total. The lowest BCUT2D eigenvalue weighted by Gasteiger charge is -2.37. The number of aromatic nitrogens is 1. The maximum Gasteiger partial charge on any atom is 0.276 e. The minimum atomic E-state index is -0.0734. The Morgan fingerprint density at radius 3 is 2.75 bits per heavy atom. The molecule has 2 heterocycles. The highest BCUT2D eigenvalue weighted by molar-refractivity contribution is 5.94. The number of likely N-dealkylation sites (tertiary alicyclic amines) is 1. The Balaban J connectivity index is 0.00000208. The van der Waals surface area contributed by atoms with Crippen molar-refractivity contribution in [3.8, 4) is 11.5 Å². The van der Waals surface area contributed by atoms with Gasteiger partial charge in [0.25, 0.3) is 5.91 Å². The molecular weight excluding hydrogens is 326 g/mol. The van der Waals surface area contributed by atoms with Gasteiger partial charge in [0.2, 0.25) is 5.89 Å². The molecule has 0 aliphatic carbocycles. The van der Waals surface area contributed by atoms with Crippen LogP contribution in [0.3, 0.4) is 0 Å². The minimum Gasteiger partial charge on any atom is -0.441 e. The number of halogens is 1. The SMILES string of the molecule is Cc1oc(-c2ccccc2)nc1C(=O)N1CCC(C)CC1CN.Cl. The van der Waals surface area contributed by atoms with Crippen molar-refractivity contribution in [1.82, 2.24) is 9.88 Å². The smallest absolute Gasteiger partial charge is 0.276 e. The standard InChI is InChI=1S/C18H23N3O2.ClH/c1-12-8-9-21(15(10-12)11-19)18(22)16-13(2)23-17(20-16)14-6-4-3-5-7-14;/h3-7,12,15H,8-11,19H2,1-2H3;1H. The molecule has 0 radical (unpaired) electrons. The van der Waals surface area contributed by atoms with E-state index in [0.717, 1.165) is 24.9 Å². The maximum atomic E-state index is 12.9. The second kappa shape index (κ2) is 7.81. The van der Waals surface area contributed by atoms with Crippen LogP contribution in [0, 0.1) is 12.8 Å². The van der Waals surface area contributed by atoms with Gasteiger partial charge < -0.3 is 15.1 Å². The Labute approximate surface area is 148 Å². The number of benzene rings is 1. The Kier molecular flexibility index (Phi) is 6.02. The maximum absolute atomic E-state index is 12.9. The van der Waals surface area contributed by atoms with Crippen LogP contribution in [0.4, 0.5) is 0 Å². The van der Waals surface area contributed by atoms with Gasteiger partial charge in [-0.15, -0.1) is 12.4 Å². The highest BCUT2D eigenvalue weighted by atomic mass is 35.5. The van der Waals surface area contributed by atoms with Gasteiger partial charge >= 0.3 is 0 Å². The van der Waals surface area contributed by atoms with E-state index < -0.39 is 0 Å². The van der Waals surface area contributed by atoms with Crippen LogP contribution in [-0.4, -0.2) is 34.9 Å². The fraction of sp³-hybridized carbons (Fsp3) is 0.444. The second-order valence-corrected chi connectivity index (χ2v) is 6.31. The fourth-order valence-electron chi connectivity index (χ4n) is 3.18. The van der Waals surface area contributed by atoms with E-state index in [2.05, 4.69) is 11.9 Å². The summed E-state index contributed by atoms with van der Waals surface area (Å²) in [5.41, 5.74) is 7.14. The molecule has 1 aliphatic heterocycles. The lowest BCUT2D eigenvalue weighted by molar-refractivity contribution is 0.0566. The molecule has 130 valence electrons. The van der Waals surface area contributed by atoms with Crippen LogP contribution in [0.25, 0.3) is 11.5 Å². The number of piperidine rings is 1. The van der Waals surface area contributed by atoms with Crippen LogP contribution in [-0.2, 0) is 0 Å². The first-order valence-corrected chi connectivity index (χ1v) is 8.14. The normalized spacial score (nSPS) is 20.5. The van der Waals surface area contributed by atoms with Crippen LogP contribution in [0.15, 0.2) is 34.7 Å². The van der Waals surface area contributed by atoms with Gasteiger partial charge in [0.05, 0.1) is 0 Å². The Bertz CT molecular complexity index is 687. The van der Waals surface area contributed by atoms with Crippen LogP contribution in [0.2, 0.25) is 0 Å². The zero-order valence-corrected chi connectivity index (χ0v) is 14.9. The number of nitrogens with zero attached hydrogens (tertiary/aromatic N) is 2. The molecule has 2 aromatic rings. The highest BCUT2D eigenvalue weighted by Crippen LogP contribution is 2.26. The molecule has 1 saturated heterocycles. The first-order valence-electron chi connectivity index (χ1n) is 8.14. The lowest BCUT2D eigenvalue weighted by Crippen LogP contribution is -2.49. The molecule has 1 amide bonds. The minimum absolute atomic E-state index is 0. The number of amides is 1. The number of hydrogen-bond donors (Lipinski definition) is 1. The number of nitrogens with two attached hydrogens (primary N) is 1. The summed E-state index contributed by atoms with van der Waals surface area (Å²) in [6, 6.07) is 9.71. The zero-order chi connectivity index (χ0) is 16.4. The van der Waals surface area contributed by atoms with Gasteiger partial charge in [-0.2, -0.15) is 0 Å². The summed E-state index contributed by atoms with van der Waals surface area (Å²) in [7, 11) is 0. The summed E-state index contributed by atoms with van der Waals surface area (Å²) in [6.45, 7) is 5.21. The average Bonchev–Trinajstić information content (AvgIpc) is 2.97. The highest BCUT2D eigenvalue weighted by Gasteiger charge is 2.32. The lowest BCUT2D eigenvalue weighted by atomic mass is 9.92. The third-order valence-corrected chi connectivity index (χ3v) is 4.53. The molecule has 0 bridgehead atoms. The van der Waals surface area contributed by atoms with Gasteiger partial charge in [-0.25, -0.2) is 4.98 Å². The van der Waals surface area contributed by atoms with Gasteiger partial charge in [0.15, 0.2) is 5.69 Å². The predicted octanol–water partition coefficient (Wildman–Crippen LogP) is 3.27. The van der Waals surface area contributed by atoms with E-state index in [1.54, 1.807) is 6.92 Å². The van der Waals surface area contributed by atoms with Crippen LogP contribution < -0.4 is 5.73 Å². The van der Waals surface area contributed by atoms with Gasteiger partial charge in [-0.1, -0.05) is 25.1 Å². The molecule has 2 atom stereocenters. The van der Waals surface area contributed by atoms with Crippen molar-refractivity contribution in [3.63, 3.8) is 0 Å². The Morgan fingerprint density at radius 1 is 1.38 bits per heavy atom. The molecule has 6 heteroatoms. The number of hydrogen-bond acceptors (Lipinski definition) is 4. The topological polar surface area (TPSA) is 72.4 Å². The Hall–Kier alpha value is -1.85. The van der Waals surface area contributed by atoms with Crippen LogP contribution in [0.5, 0.6) is 0 Å². The van der Waals surface area contributed by atoms with Crippen molar-refractivity contribution in [2.45, 2.75) is 32.7 Å². The largest absolute Gasteiger partial charge is 0.441 e. The molecule has 1 aromatic heterocycles. The van der Waals surface area contributed by atoms with Crippen molar-refractivity contribution in [2.75, 3.05) is 13.1 Å². The molecule has 1 aliphatic rings. The van der Waals surface area contributed by atoms with Crippen molar-refractivity contribution >= 4 is 18.3 Å². The van der Waals surface area contributed by atoms with Gasteiger partial charge in [-0.05, 0) is 37.8 Å².